The predicted molar refractivity (Wildman–Crippen MR) is 118 cm³/mol. The Morgan fingerprint density at radius 2 is 2.09 bits per heavy atom. The molecule has 0 radical (unpaired) electrons. The van der Waals surface area contributed by atoms with E-state index in [1.807, 2.05) is 0 Å². The SMILES string of the molecule is CNC(=O)[C@]12CC1[C@@H](n1cnc3c(NC)nc(C#Cc4cccc(C=O)c4)nc31)[C@H](O)[C@@H]2O. The van der Waals surface area contributed by atoms with Gasteiger partial charge in [0.25, 0.3) is 0 Å². The van der Waals surface area contributed by atoms with Crippen molar-refractivity contribution in [3.05, 3.63) is 47.5 Å². The lowest BCUT2D eigenvalue weighted by Gasteiger charge is -2.23. The zero-order valence-electron chi connectivity index (χ0n) is 18.0. The molecule has 1 amide bonds. The van der Waals surface area contributed by atoms with Crippen LogP contribution in [0.5, 0.6) is 0 Å². The van der Waals surface area contributed by atoms with Gasteiger partial charge in [0.05, 0.1) is 23.9 Å². The summed E-state index contributed by atoms with van der Waals surface area (Å²) in [5.74, 6) is 6.05. The molecule has 4 N–H and O–H groups in total. The number of carbonyl (C=O) groups excluding carboxylic acids is 2. The van der Waals surface area contributed by atoms with Gasteiger partial charge in [-0.1, -0.05) is 18.1 Å². The number of aliphatic hydroxyl groups excluding tert-OH is 2. The van der Waals surface area contributed by atoms with E-state index in [0.717, 1.165) is 6.29 Å². The second kappa shape index (κ2) is 7.65. The number of aldehydes is 1. The molecule has 2 aliphatic carbocycles. The minimum Gasteiger partial charge on any atom is -0.389 e. The highest BCUT2D eigenvalue weighted by molar-refractivity contribution is 5.88. The van der Waals surface area contributed by atoms with E-state index in [1.165, 1.54) is 7.05 Å². The Morgan fingerprint density at radius 1 is 1.27 bits per heavy atom. The molecule has 5 atom stereocenters. The standard InChI is InChI=1S/C23H22N6O4/c1-24-20-16-21(28-15(27-20)7-6-12-4-3-5-13(8-12)10-30)29(11-26-16)17-14-9-23(14,22(33)25-2)19(32)18(17)31/h3-5,8,10-11,14,17-19,31-32H,9H2,1-2H3,(H,25,33)(H,24,27,28)/t14?,17-,18+,19+,23-/m1/s1. The molecule has 1 unspecified atom stereocenters. The van der Waals surface area contributed by atoms with Crippen LogP contribution in [0.15, 0.2) is 30.6 Å². The number of imidazole rings is 1. The van der Waals surface area contributed by atoms with E-state index in [9.17, 15) is 19.8 Å². The maximum atomic E-state index is 12.4. The van der Waals surface area contributed by atoms with Crippen LogP contribution in [0.1, 0.15) is 34.2 Å². The summed E-state index contributed by atoms with van der Waals surface area (Å²) in [5.41, 5.74) is 1.10. The summed E-state index contributed by atoms with van der Waals surface area (Å²) < 4.78 is 1.70. The quantitative estimate of drug-likeness (QED) is 0.327. The number of nitrogens with zero attached hydrogens (tertiary/aromatic N) is 4. The van der Waals surface area contributed by atoms with E-state index in [1.54, 1.807) is 42.2 Å². The Balaban J connectivity index is 1.57. The Bertz CT molecular complexity index is 1340. The summed E-state index contributed by atoms with van der Waals surface area (Å²) in [6, 6.07) is 6.32. The number of aliphatic hydroxyl groups is 2. The van der Waals surface area contributed by atoms with Crippen LogP contribution in [-0.4, -0.2) is 68.2 Å². The highest BCUT2D eigenvalue weighted by atomic mass is 16.3. The van der Waals surface area contributed by atoms with Gasteiger partial charge in [-0.2, -0.15) is 0 Å². The third-order valence-corrected chi connectivity index (χ3v) is 6.64. The van der Waals surface area contributed by atoms with Crippen molar-refractivity contribution >= 4 is 29.2 Å². The first-order chi connectivity index (χ1) is 15.9. The van der Waals surface area contributed by atoms with Crippen molar-refractivity contribution in [2.45, 2.75) is 24.7 Å². The fourth-order valence-electron chi connectivity index (χ4n) is 4.97. The number of amides is 1. The van der Waals surface area contributed by atoms with Gasteiger partial charge in [-0.25, -0.2) is 15.0 Å². The monoisotopic (exact) mass is 446 g/mol. The lowest BCUT2D eigenvalue weighted by atomic mass is 9.98. The summed E-state index contributed by atoms with van der Waals surface area (Å²) in [6.07, 6.45) is 0.443. The molecular weight excluding hydrogens is 424 g/mol. The van der Waals surface area contributed by atoms with Crippen LogP contribution in [0.25, 0.3) is 11.2 Å². The number of benzene rings is 1. The minimum atomic E-state index is -1.18. The predicted octanol–water partition coefficient (Wildman–Crippen LogP) is 0.109. The summed E-state index contributed by atoms with van der Waals surface area (Å²) in [7, 11) is 3.23. The van der Waals surface area contributed by atoms with Gasteiger partial charge in [0.1, 0.15) is 12.4 Å². The first kappa shape index (κ1) is 21.1. The first-order valence-electron chi connectivity index (χ1n) is 10.5. The molecule has 5 rings (SSSR count). The number of aromatic nitrogens is 4. The van der Waals surface area contributed by atoms with Crippen molar-refractivity contribution in [3.8, 4) is 11.8 Å². The van der Waals surface area contributed by atoms with Crippen LogP contribution in [-0.2, 0) is 4.79 Å². The molecule has 2 heterocycles. The first-order valence-corrected chi connectivity index (χ1v) is 10.5. The molecule has 33 heavy (non-hydrogen) atoms. The second-order valence-electron chi connectivity index (χ2n) is 8.32. The van der Waals surface area contributed by atoms with Crippen LogP contribution >= 0.6 is 0 Å². The van der Waals surface area contributed by atoms with E-state index < -0.39 is 23.7 Å². The Morgan fingerprint density at radius 3 is 2.82 bits per heavy atom. The smallest absolute Gasteiger partial charge is 0.229 e. The van der Waals surface area contributed by atoms with Crippen LogP contribution in [0.3, 0.4) is 0 Å². The molecule has 2 aliphatic rings. The Hall–Kier alpha value is -3.81. The van der Waals surface area contributed by atoms with E-state index in [4.69, 9.17) is 0 Å². The molecule has 0 aliphatic heterocycles. The number of carbonyl (C=O) groups is 2. The van der Waals surface area contributed by atoms with Gasteiger partial charge in [-0.3, -0.25) is 9.59 Å². The maximum Gasteiger partial charge on any atom is 0.229 e. The summed E-state index contributed by atoms with van der Waals surface area (Å²) in [6.45, 7) is 0. The Labute approximate surface area is 189 Å². The third-order valence-electron chi connectivity index (χ3n) is 6.64. The van der Waals surface area contributed by atoms with Crippen molar-refractivity contribution in [2.75, 3.05) is 19.4 Å². The normalized spacial score (nSPS) is 27.4. The fourth-order valence-corrected chi connectivity index (χ4v) is 4.97. The molecule has 2 fully saturated rings. The van der Waals surface area contributed by atoms with Crippen LogP contribution in [0.2, 0.25) is 0 Å². The molecule has 3 aromatic rings. The maximum absolute atomic E-state index is 12.4. The van der Waals surface area contributed by atoms with Crippen molar-refractivity contribution in [2.24, 2.45) is 11.3 Å². The van der Waals surface area contributed by atoms with Gasteiger partial charge < -0.3 is 25.4 Å². The van der Waals surface area contributed by atoms with E-state index >= 15 is 0 Å². The molecule has 1 aromatic carbocycles. The van der Waals surface area contributed by atoms with Crippen LogP contribution in [0, 0.1) is 23.2 Å². The average molecular weight is 446 g/mol. The van der Waals surface area contributed by atoms with Crippen molar-refractivity contribution < 1.29 is 19.8 Å². The van der Waals surface area contributed by atoms with Crippen LogP contribution < -0.4 is 10.6 Å². The lowest BCUT2D eigenvalue weighted by molar-refractivity contribution is -0.132. The minimum absolute atomic E-state index is 0.228. The topological polar surface area (TPSA) is 142 Å². The molecule has 2 aromatic heterocycles. The summed E-state index contributed by atoms with van der Waals surface area (Å²) in [5, 5.41) is 27.1. The zero-order valence-corrected chi connectivity index (χ0v) is 18.0. The Kier molecular flexibility index (Phi) is 4.88. The lowest BCUT2D eigenvalue weighted by Crippen LogP contribution is -2.41. The van der Waals surface area contributed by atoms with Gasteiger partial charge in [0.2, 0.25) is 11.7 Å². The van der Waals surface area contributed by atoms with E-state index in [-0.39, 0.29) is 17.6 Å². The summed E-state index contributed by atoms with van der Waals surface area (Å²) in [4.78, 5) is 36.8. The highest BCUT2D eigenvalue weighted by Crippen LogP contribution is 2.67. The number of nitrogens with one attached hydrogen (secondary N) is 2. The van der Waals surface area contributed by atoms with Gasteiger partial charge in [-0.15, -0.1) is 0 Å². The van der Waals surface area contributed by atoms with E-state index in [2.05, 4.69) is 37.4 Å². The molecule has 10 nitrogen and oxygen atoms in total. The number of hydrogen-bond acceptors (Lipinski definition) is 8. The number of fused-ring (bicyclic) bond motifs is 2. The second-order valence-corrected chi connectivity index (χ2v) is 8.32. The van der Waals surface area contributed by atoms with Gasteiger partial charge in [-0.05, 0) is 24.5 Å². The molecule has 2 saturated carbocycles. The molecule has 0 spiro atoms. The molecule has 168 valence electrons. The van der Waals surface area contributed by atoms with E-state index in [0.29, 0.717) is 34.5 Å². The van der Waals surface area contributed by atoms with Gasteiger partial charge >= 0.3 is 0 Å². The third kappa shape index (κ3) is 3.08. The van der Waals surface area contributed by atoms with Crippen LogP contribution in [0.4, 0.5) is 5.82 Å². The van der Waals surface area contributed by atoms with Crippen molar-refractivity contribution in [3.63, 3.8) is 0 Å². The zero-order chi connectivity index (χ0) is 23.3. The van der Waals surface area contributed by atoms with Crippen molar-refractivity contribution in [1.82, 2.24) is 24.8 Å². The highest BCUT2D eigenvalue weighted by Gasteiger charge is 2.75. The van der Waals surface area contributed by atoms with Crippen molar-refractivity contribution in [1.29, 1.82) is 0 Å². The number of anilines is 1. The average Bonchev–Trinajstić information content (AvgIpc) is 3.38. The number of hydrogen-bond donors (Lipinski definition) is 4. The summed E-state index contributed by atoms with van der Waals surface area (Å²) >= 11 is 0. The van der Waals surface area contributed by atoms with Gasteiger partial charge in [0, 0.05) is 31.1 Å². The molecule has 0 bridgehead atoms. The van der Waals surface area contributed by atoms with Gasteiger partial charge in [0.15, 0.2) is 17.0 Å². The molecule has 10 heteroatoms. The molecular formula is C23H22N6O4. The molecule has 0 saturated heterocycles. The largest absolute Gasteiger partial charge is 0.389 e. The number of rotatable bonds is 4. The fraction of sp³-hybridized carbons (Fsp3) is 0.348.